The van der Waals surface area contributed by atoms with Crippen molar-refractivity contribution in [2.75, 3.05) is 6.61 Å². The Balaban J connectivity index is 2.38. The maximum Gasteiger partial charge on any atom is 0.421 e. The zero-order valence-corrected chi connectivity index (χ0v) is 17.0. The number of dihydropyridines is 1. The Morgan fingerprint density at radius 2 is 2.03 bits per heavy atom. The average Bonchev–Trinajstić information content (AvgIpc) is 2.70. The lowest BCUT2D eigenvalue weighted by Crippen LogP contribution is -2.35. The van der Waals surface area contributed by atoms with Gasteiger partial charge in [0.2, 0.25) is 5.70 Å². The molecule has 1 aliphatic heterocycles. The van der Waals surface area contributed by atoms with Gasteiger partial charge in [-0.05, 0) is 31.9 Å². The van der Waals surface area contributed by atoms with Crippen molar-refractivity contribution in [3.05, 3.63) is 79.9 Å². The van der Waals surface area contributed by atoms with Crippen molar-refractivity contribution in [2.24, 2.45) is 0 Å². The monoisotopic (exact) mass is 432 g/mol. The molecule has 1 aromatic heterocycles. The molecule has 6 nitrogen and oxygen atoms in total. The van der Waals surface area contributed by atoms with Crippen molar-refractivity contribution in [3.8, 4) is 0 Å². The molecule has 3 rings (SSSR count). The Hall–Kier alpha value is -3.54. The number of rotatable bonds is 4. The third-order valence-electron chi connectivity index (χ3n) is 4.82. The minimum Gasteiger partial charge on any atom is -0.462 e. The quantitative estimate of drug-likeness (QED) is 0.560. The summed E-state index contributed by atoms with van der Waals surface area (Å²) in [5.41, 5.74) is -2.45. The molecule has 1 N–H and O–H groups in total. The van der Waals surface area contributed by atoms with Gasteiger partial charge < -0.3 is 14.5 Å². The predicted molar refractivity (Wildman–Crippen MR) is 107 cm³/mol. The van der Waals surface area contributed by atoms with Gasteiger partial charge in [0.15, 0.2) is 5.43 Å². The van der Waals surface area contributed by atoms with Gasteiger partial charge in [-0.25, -0.2) is 9.64 Å². The largest absolute Gasteiger partial charge is 0.462 e. The molecular formula is C22H19F3N2O4. The zero-order chi connectivity index (χ0) is 22.9. The van der Waals surface area contributed by atoms with E-state index >= 15 is 0 Å². The number of alkyl halides is 3. The third kappa shape index (κ3) is 4.06. The molecule has 1 atom stereocenters. The van der Waals surface area contributed by atoms with E-state index in [1.807, 2.05) is 0 Å². The van der Waals surface area contributed by atoms with Gasteiger partial charge in [0, 0.05) is 11.8 Å². The van der Waals surface area contributed by atoms with Crippen LogP contribution in [0.1, 0.15) is 37.5 Å². The van der Waals surface area contributed by atoms with Crippen LogP contribution < -0.4 is 10.7 Å². The number of aryl methyl sites for hydroxylation is 1. The second-order valence-electron chi connectivity index (χ2n) is 7.05. The van der Waals surface area contributed by atoms with Crippen LogP contribution >= 0.6 is 0 Å². The first-order valence-corrected chi connectivity index (χ1v) is 9.47. The molecule has 0 saturated heterocycles. The van der Waals surface area contributed by atoms with Gasteiger partial charge in [0.25, 0.3) is 0 Å². The maximum atomic E-state index is 13.7. The lowest BCUT2D eigenvalue weighted by atomic mass is 9.83. The molecule has 31 heavy (non-hydrogen) atoms. The highest BCUT2D eigenvalue weighted by molar-refractivity contribution is 5.94. The first-order valence-electron chi connectivity index (χ1n) is 9.47. The summed E-state index contributed by atoms with van der Waals surface area (Å²) in [6, 6.07) is 5.66. The summed E-state index contributed by atoms with van der Waals surface area (Å²) in [6.45, 7) is 12.2. The number of fused-ring (bicyclic) bond motifs is 1. The van der Waals surface area contributed by atoms with Crippen molar-refractivity contribution in [2.45, 2.75) is 39.3 Å². The molecule has 0 fully saturated rings. The van der Waals surface area contributed by atoms with E-state index in [1.165, 1.54) is 38.1 Å². The number of para-hydroxylation sites is 1. The van der Waals surface area contributed by atoms with E-state index in [1.54, 1.807) is 6.92 Å². The van der Waals surface area contributed by atoms with Crippen LogP contribution in [0.15, 0.2) is 56.1 Å². The van der Waals surface area contributed by atoms with E-state index < -0.39 is 29.5 Å². The number of esters is 1. The Kier molecular flexibility index (Phi) is 5.93. The minimum atomic E-state index is -4.86. The van der Waals surface area contributed by atoms with Crippen molar-refractivity contribution in [1.29, 1.82) is 0 Å². The van der Waals surface area contributed by atoms with Gasteiger partial charge in [-0.3, -0.25) is 4.79 Å². The number of carbonyl (C=O) groups excluding carboxylic acids is 1. The average molecular weight is 432 g/mol. The number of carbonyl (C=O) groups is 1. The number of benzene rings is 1. The Morgan fingerprint density at radius 1 is 1.32 bits per heavy atom. The zero-order valence-electron chi connectivity index (χ0n) is 17.0. The van der Waals surface area contributed by atoms with Crippen molar-refractivity contribution >= 4 is 16.9 Å². The number of allylic oxidation sites excluding steroid dienone is 3. The van der Waals surface area contributed by atoms with Crippen molar-refractivity contribution in [1.82, 2.24) is 5.32 Å². The highest BCUT2D eigenvalue weighted by Gasteiger charge is 2.45. The van der Waals surface area contributed by atoms with Crippen LogP contribution in [0.25, 0.3) is 15.8 Å². The van der Waals surface area contributed by atoms with Gasteiger partial charge in [0.1, 0.15) is 17.0 Å². The predicted octanol–water partition coefficient (Wildman–Crippen LogP) is 4.71. The standard InChI is InChI=1S/C22H19F3N2O4/c1-5-9-30-21(29)16-12(3)27-20(22(23,24)25)18(26-4)17(16)14-8-6-7-13-15(28)10-11(2)31-19(13)14/h6-8,10,17,27H,5,9H2,1-3H3/t17-/m0/s1. The Bertz CT molecular complexity index is 1220. The molecule has 1 aromatic carbocycles. The minimum absolute atomic E-state index is 0.0238. The molecule has 0 bridgehead atoms. The molecular weight excluding hydrogens is 413 g/mol. The number of nitrogens with zero attached hydrogens (tertiary/aromatic N) is 1. The third-order valence-corrected chi connectivity index (χ3v) is 4.82. The SMILES string of the molecule is [C-]#[N+]C1=C(C(F)(F)F)NC(C)=C(C(=O)OCCC)[C@@H]1c1cccc2c(=O)cc(C)oc12. The highest BCUT2D eigenvalue weighted by atomic mass is 19.4. The number of nitrogens with one attached hydrogen (secondary N) is 1. The van der Waals surface area contributed by atoms with Gasteiger partial charge in [-0.1, -0.05) is 19.1 Å². The molecule has 2 aromatic rings. The summed E-state index contributed by atoms with van der Waals surface area (Å²) in [5, 5.41) is 2.30. The second kappa shape index (κ2) is 8.30. The fourth-order valence-corrected chi connectivity index (χ4v) is 3.54. The molecule has 1 aliphatic rings. The fraction of sp³-hybridized carbons (Fsp3) is 0.318. The molecule has 0 amide bonds. The molecule has 0 radical (unpaired) electrons. The Labute approximate surface area is 175 Å². The maximum absolute atomic E-state index is 13.7. The van der Waals surface area contributed by atoms with Crippen LogP contribution in [-0.4, -0.2) is 18.8 Å². The van der Waals surface area contributed by atoms with Crippen molar-refractivity contribution in [3.63, 3.8) is 0 Å². The summed E-state index contributed by atoms with van der Waals surface area (Å²) >= 11 is 0. The molecule has 0 saturated carbocycles. The first kappa shape index (κ1) is 22.2. The number of ether oxygens (including phenoxy) is 1. The molecule has 2 heterocycles. The molecule has 0 spiro atoms. The number of hydrogen-bond acceptors (Lipinski definition) is 5. The molecule has 0 aliphatic carbocycles. The smallest absolute Gasteiger partial charge is 0.421 e. The second-order valence-corrected chi connectivity index (χ2v) is 7.05. The fourth-order valence-electron chi connectivity index (χ4n) is 3.54. The number of hydrogen-bond donors (Lipinski definition) is 1. The van der Waals surface area contributed by atoms with Gasteiger partial charge in [-0.2, -0.15) is 13.2 Å². The van der Waals surface area contributed by atoms with E-state index in [4.69, 9.17) is 15.7 Å². The van der Waals surface area contributed by atoms with E-state index in [2.05, 4.69) is 10.2 Å². The van der Waals surface area contributed by atoms with Crippen LogP contribution in [0.4, 0.5) is 13.2 Å². The summed E-state index contributed by atoms with van der Waals surface area (Å²) in [6.07, 6.45) is -4.35. The summed E-state index contributed by atoms with van der Waals surface area (Å²) in [7, 11) is 0. The number of halogens is 3. The molecule has 162 valence electrons. The summed E-state index contributed by atoms with van der Waals surface area (Å²) < 4.78 is 52.1. The topological polar surface area (TPSA) is 72.9 Å². The lowest BCUT2D eigenvalue weighted by Gasteiger charge is -2.30. The van der Waals surface area contributed by atoms with E-state index in [-0.39, 0.29) is 45.6 Å². The van der Waals surface area contributed by atoms with Crippen molar-refractivity contribution < 1.29 is 27.1 Å². The van der Waals surface area contributed by atoms with Crippen LogP contribution in [-0.2, 0) is 9.53 Å². The summed E-state index contributed by atoms with van der Waals surface area (Å²) in [5.74, 6) is -2.02. The summed E-state index contributed by atoms with van der Waals surface area (Å²) in [4.78, 5) is 28.4. The highest BCUT2D eigenvalue weighted by Crippen LogP contribution is 2.45. The molecule has 9 heteroatoms. The van der Waals surface area contributed by atoms with Gasteiger partial charge in [-0.15, -0.1) is 0 Å². The lowest BCUT2D eigenvalue weighted by molar-refractivity contribution is -0.139. The van der Waals surface area contributed by atoms with E-state index in [0.29, 0.717) is 6.42 Å². The van der Waals surface area contributed by atoms with Crippen LogP contribution in [0, 0.1) is 13.5 Å². The van der Waals surface area contributed by atoms with Crippen LogP contribution in [0.5, 0.6) is 0 Å². The van der Waals surface area contributed by atoms with Crippen LogP contribution in [0.3, 0.4) is 0 Å². The van der Waals surface area contributed by atoms with Gasteiger partial charge in [0.05, 0.1) is 30.1 Å². The normalized spacial score (nSPS) is 16.9. The molecule has 0 unspecified atom stereocenters. The van der Waals surface area contributed by atoms with E-state index in [9.17, 15) is 22.8 Å². The van der Waals surface area contributed by atoms with Gasteiger partial charge >= 0.3 is 12.1 Å². The first-order chi connectivity index (χ1) is 14.6. The van der Waals surface area contributed by atoms with E-state index in [0.717, 1.165) is 0 Å². The van der Waals surface area contributed by atoms with Crippen LogP contribution in [0.2, 0.25) is 0 Å². The Morgan fingerprint density at radius 3 is 2.65 bits per heavy atom.